The molecule has 0 aliphatic heterocycles. The van der Waals surface area contributed by atoms with Gasteiger partial charge in [0.2, 0.25) is 0 Å². The summed E-state index contributed by atoms with van der Waals surface area (Å²) in [6.07, 6.45) is 1.71. The van der Waals surface area contributed by atoms with Crippen molar-refractivity contribution >= 4 is 54.2 Å². The van der Waals surface area contributed by atoms with Crippen molar-refractivity contribution < 1.29 is 4.79 Å². The molecule has 1 aromatic carbocycles. The van der Waals surface area contributed by atoms with Crippen LogP contribution in [-0.2, 0) is 0 Å². The van der Waals surface area contributed by atoms with Gasteiger partial charge < -0.3 is 4.98 Å². The molecule has 0 aliphatic rings. The van der Waals surface area contributed by atoms with Crippen molar-refractivity contribution in [1.29, 1.82) is 0 Å². The number of nitrogens with one attached hydrogen (secondary N) is 2. The van der Waals surface area contributed by atoms with Gasteiger partial charge in [-0.2, -0.15) is 0 Å². The van der Waals surface area contributed by atoms with Crippen molar-refractivity contribution in [2.75, 3.05) is 5.32 Å². The van der Waals surface area contributed by atoms with Crippen LogP contribution in [0.4, 0.5) is 5.13 Å². The maximum Gasteiger partial charge on any atom is 0.273 e. The minimum Gasteiger partial charge on any atom is -0.356 e. The van der Waals surface area contributed by atoms with Crippen LogP contribution in [0.25, 0.3) is 11.3 Å². The standard InChI is InChI=1S/C14H9Br2N3OS/c15-9-3-1-2-8(4-9)12-7-21-14(18-12)19-13(20)11-5-10(16)6-17-11/h1-7,17H,(H,18,19,20). The minimum absolute atomic E-state index is 0.212. The van der Waals surface area contributed by atoms with Gasteiger partial charge in [0.15, 0.2) is 5.13 Å². The van der Waals surface area contributed by atoms with E-state index >= 15 is 0 Å². The zero-order valence-corrected chi connectivity index (χ0v) is 14.5. The van der Waals surface area contributed by atoms with E-state index in [0.29, 0.717) is 10.8 Å². The summed E-state index contributed by atoms with van der Waals surface area (Å²) in [6.45, 7) is 0. The Kier molecular flexibility index (Phi) is 4.23. The van der Waals surface area contributed by atoms with Crippen LogP contribution < -0.4 is 5.32 Å². The largest absolute Gasteiger partial charge is 0.356 e. The number of rotatable bonds is 3. The number of nitrogens with zero attached hydrogens (tertiary/aromatic N) is 1. The molecule has 3 rings (SSSR count). The lowest BCUT2D eigenvalue weighted by atomic mass is 10.2. The third kappa shape index (κ3) is 3.42. The minimum atomic E-state index is -0.212. The molecule has 7 heteroatoms. The summed E-state index contributed by atoms with van der Waals surface area (Å²) < 4.78 is 1.83. The number of amides is 1. The van der Waals surface area contributed by atoms with Crippen molar-refractivity contribution in [3.8, 4) is 11.3 Å². The van der Waals surface area contributed by atoms with E-state index in [-0.39, 0.29) is 5.91 Å². The van der Waals surface area contributed by atoms with Gasteiger partial charge in [0, 0.05) is 26.1 Å². The van der Waals surface area contributed by atoms with Crippen molar-refractivity contribution in [2.45, 2.75) is 0 Å². The van der Waals surface area contributed by atoms with Crippen molar-refractivity contribution in [3.63, 3.8) is 0 Å². The maximum atomic E-state index is 12.0. The maximum absolute atomic E-state index is 12.0. The summed E-state index contributed by atoms with van der Waals surface area (Å²) >= 11 is 8.13. The van der Waals surface area contributed by atoms with Crippen LogP contribution >= 0.6 is 43.2 Å². The second kappa shape index (κ2) is 6.13. The van der Waals surface area contributed by atoms with Crippen molar-refractivity contribution in [3.05, 3.63) is 56.5 Å². The molecule has 2 N–H and O–H groups in total. The molecular weight excluding hydrogens is 418 g/mol. The summed E-state index contributed by atoms with van der Waals surface area (Å²) in [5.41, 5.74) is 2.33. The van der Waals surface area contributed by atoms with Crippen LogP contribution in [0, 0.1) is 0 Å². The number of aromatic nitrogens is 2. The van der Waals surface area contributed by atoms with Crippen molar-refractivity contribution in [1.82, 2.24) is 9.97 Å². The number of carbonyl (C=O) groups excluding carboxylic acids is 1. The molecule has 0 unspecified atom stereocenters. The molecule has 106 valence electrons. The van der Waals surface area contributed by atoms with Gasteiger partial charge >= 0.3 is 0 Å². The number of anilines is 1. The number of benzene rings is 1. The van der Waals surface area contributed by atoms with E-state index in [1.807, 2.05) is 29.6 Å². The number of aromatic amines is 1. The Labute approximate surface area is 141 Å². The summed E-state index contributed by atoms with van der Waals surface area (Å²) in [5.74, 6) is -0.212. The van der Waals surface area contributed by atoms with Crippen LogP contribution in [0.2, 0.25) is 0 Å². The highest BCUT2D eigenvalue weighted by molar-refractivity contribution is 9.10. The number of hydrogen-bond acceptors (Lipinski definition) is 3. The van der Waals surface area contributed by atoms with Crippen LogP contribution in [0.5, 0.6) is 0 Å². The molecule has 0 bridgehead atoms. The second-order valence-corrected chi connectivity index (χ2v) is 6.92. The zero-order chi connectivity index (χ0) is 14.8. The first kappa shape index (κ1) is 14.5. The molecule has 0 fully saturated rings. The molecule has 0 saturated heterocycles. The third-order valence-electron chi connectivity index (χ3n) is 2.74. The number of carbonyl (C=O) groups is 1. The first-order valence-electron chi connectivity index (χ1n) is 5.98. The molecule has 3 aromatic rings. The summed E-state index contributed by atoms with van der Waals surface area (Å²) in [7, 11) is 0. The molecule has 4 nitrogen and oxygen atoms in total. The van der Waals surface area contributed by atoms with Gasteiger partial charge in [-0.1, -0.05) is 28.1 Å². The zero-order valence-electron chi connectivity index (χ0n) is 10.6. The smallest absolute Gasteiger partial charge is 0.273 e. The van der Waals surface area contributed by atoms with Crippen LogP contribution in [-0.4, -0.2) is 15.9 Å². The van der Waals surface area contributed by atoms with Gasteiger partial charge in [0.1, 0.15) is 5.69 Å². The summed E-state index contributed by atoms with van der Waals surface area (Å²) in [6, 6.07) is 9.60. The summed E-state index contributed by atoms with van der Waals surface area (Å²) in [5, 5.41) is 5.27. The molecule has 2 heterocycles. The Morgan fingerprint density at radius 3 is 2.81 bits per heavy atom. The van der Waals surface area contributed by atoms with Gasteiger partial charge in [-0.05, 0) is 34.1 Å². The molecule has 0 atom stereocenters. The quantitative estimate of drug-likeness (QED) is 0.624. The average molecular weight is 427 g/mol. The van der Waals surface area contributed by atoms with E-state index in [2.05, 4.69) is 47.1 Å². The number of thiazole rings is 1. The normalized spacial score (nSPS) is 10.6. The average Bonchev–Trinajstić information content (AvgIpc) is 3.08. The van der Waals surface area contributed by atoms with E-state index in [0.717, 1.165) is 20.2 Å². The van der Waals surface area contributed by atoms with Gasteiger partial charge in [-0.25, -0.2) is 4.98 Å². The predicted molar refractivity (Wildman–Crippen MR) is 91.7 cm³/mol. The Hall–Kier alpha value is -1.44. The molecule has 0 radical (unpaired) electrons. The summed E-state index contributed by atoms with van der Waals surface area (Å²) in [4.78, 5) is 19.3. The fraction of sp³-hybridized carbons (Fsp3) is 0. The molecule has 2 aromatic heterocycles. The highest BCUT2D eigenvalue weighted by Crippen LogP contribution is 2.27. The number of H-pyrrole nitrogens is 1. The topological polar surface area (TPSA) is 57.8 Å². The highest BCUT2D eigenvalue weighted by atomic mass is 79.9. The number of halogens is 2. The first-order valence-corrected chi connectivity index (χ1v) is 8.45. The predicted octanol–water partition coefficient (Wildman–Crippen LogP) is 4.92. The van der Waals surface area contributed by atoms with E-state index in [4.69, 9.17) is 0 Å². The lowest BCUT2D eigenvalue weighted by Gasteiger charge is -1.99. The molecule has 21 heavy (non-hydrogen) atoms. The van der Waals surface area contributed by atoms with Crippen LogP contribution in [0.15, 0.2) is 50.9 Å². The van der Waals surface area contributed by atoms with E-state index < -0.39 is 0 Å². The van der Waals surface area contributed by atoms with Gasteiger partial charge in [0.25, 0.3) is 5.91 Å². The van der Waals surface area contributed by atoms with E-state index in [9.17, 15) is 4.79 Å². The third-order valence-corrected chi connectivity index (χ3v) is 4.45. The van der Waals surface area contributed by atoms with Crippen LogP contribution in [0.1, 0.15) is 10.5 Å². The molecule has 0 spiro atoms. The SMILES string of the molecule is O=C(Nc1nc(-c2cccc(Br)c2)cs1)c1cc(Br)c[nH]1. The van der Waals surface area contributed by atoms with Gasteiger partial charge in [-0.3, -0.25) is 10.1 Å². The molecule has 1 amide bonds. The monoisotopic (exact) mass is 425 g/mol. The fourth-order valence-electron chi connectivity index (χ4n) is 1.78. The Morgan fingerprint density at radius 2 is 2.10 bits per heavy atom. The van der Waals surface area contributed by atoms with E-state index in [1.165, 1.54) is 11.3 Å². The van der Waals surface area contributed by atoms with E-state index in [1.54, 1.807) is 12.3 Å². The van der Waals surface area contributed by atoms with Gasteiger partial charge in [0.05, 0.1) is 5.69 Å². The molecular formula is C14H9Br2N3OS. The molecule has 0 saturated carbocycles. The Balaban J connectivity index is 1.78. The second-order valence-electron chi connectivity index (χ2n) is 4.23. The fourth-order valence-corrected chi connectivity index (χ4v) is 3.23. The number of hydrogen-bond donors (Lipinski definition) is 2. The Bertz CT molecular complexity index is 797. The van der Waals surface area contributed by atoms with Crippen LogP contribution in [0.3, 0.4) is 0 Å². The first-order chi connectivity index (χ1) is 10.1. The highest BCUT2D eigenvalue weighted by Gasteiger charge is 2.11. The lowest BCUT2D eigenvalue weighted by molar-refractivity contribution is 0.102. The lowest BCUT2D eigenvalue weighted by Crippen LogP contribution is -2.11. The Morgan fingerprint density at radius 1 is 1.24 bits per heavy atom. The van der Waals surface area contributed by atoms with Gasteiger partial charge in [-0.15, -0.1) is 11.3 Å². The molecule has 0 aliphatic carbocycles. The van der Waals surface area contributed by atoms with Crippen molar-refractivity contribution in [2.24, 2.45) is 0 Å².